The third-order valence-corrected chi connectivity index (χ3v) is 6.72. The first-order valence-corrected chi connectivity index (χ1v) is 11.1. The molecule has 6 heteroatoms. The van der Waals surface area contributed by atoms with Gasteiger partial charge < -0.3 is 10.1 Å². The maximum Gasteiger partial charge on any atom is 0.255 e. The van der Waals surface area contributed by atoms with Gasteiger partial charge in [-0.3, -0.25) is 14.5 Å². The van der Waals surface area contributed by atoms with Gasteiger partial charge in [-0.2, -0.15) is 0 Å². The molecule has 0 radical (unpaired) electrons. The molecule has 0 aromatic heterocycles. The SMILES string of the molecule is COc1ccc(C(=O)Nc2ccc(C3SCC(=O)N3c3cccc(C)c3C)cc2)cc1. The van der Waals surface area contributed by atoms with Crippen molar-refractivity contribution in [3.05, 3.63) is 89.0 Å². The van der Waals surface area contributed by atoms with Gasteiger partial charge in [-0.05, 0) is 73.0 Å². The Bertz CT molecular complexity index is 1110. The predicted molar refractivity (Wildman–Crippen MR) is 126 cm³/mol. The van der Waals surface area contributed by atoms with Gasteiger partial charge in [-0.25, -0.2) is 0 Å². The highest BCUT2D eigenvalue weighted by Crippen LogP contribution is 2.43. The molecular weight excluding hydrogens is 408 g/mol. The molecule has 1 aliphatic heterocycles. The molecule has 158 valence electrons. The third kappa shape index (κ3) is 4.30. The highest BCUT2D eigenvalue weighted by atomic mass is 32.2. The highest BCUT2D eigenvalue weighted by Gasteiger charge is 2.34. The van der Waals surface area contributed by atoms with E-state index in [4.69, 9.17) is 4.74 Å². The summed E-state index contributed by atoms with van der Waals surface area (Å²) >= 11 is 1.62. The van der Waals surface area contributed by atoms with E-state index in [-0.39, 0.29) is 17.2 Å². The second-order valence-electron chi connectivity index (χ2n) is 7.45. The Labute approximate surface area is 186 Å². The molecule has 1 saturated heterocycles. The number of benzene rings is 3. The van der Waals surface area contributed by atoms with Gasteiger partial charge in [0.2, 0.25) is 5.91 Å². The Kier molecular flexibility index (Phi) is 6.00. The van der Waals surface area contributed by atoms with E-state index >= 15 is 0 Å². The average Bonchev–Trinajstić information content (AvgIpc) is 3.17. The standard InChI is InChI=1S/C25H24N2O3S/c1-16-5-4-6-22(17(16)2)27-23(28)15-31-25(27)19-7-11-20(12-8-19)26-24(29)18-9-13-21(30-3)14-10-18/h4-14,25H,15H2,1-3H3,(H,26,29). The van der Waals surface area contributed by atoms with E-state index in [1.54, 1.807) is 43.1 Å². The van der Waals surface area contributed by atoms with Gasteiger partial charge in [0, 0.05) is 16.9 Å². The van der Waals surface area contributed by atoms with Gasteiger partial charge in [0.05, 0.1) is 12.9 Å². The smallest absolute Gasteiger partial charge is 0.255 e. The molecule has 0 saturated carbocycles. The van der Waals surface area contributed by atoms with E-state index in [0.717, 1.165) is 22.4 Å². The van der Waals surface area contributed by atoms with Crippen molar-refractivity contribution in [3.8, 4) is 5.75 Å². The van der Waals surface area contributed by atoms with Crippen LogP contribution in [0.4, 0.5) is 11.4 Å². The van der Waals surface area contributed by atoms with E-state index in [1.165, 1.54) is 0 Å². The van der Waals surface area contributed by atoms with Crippen LogP contribution in [0.15, 0.2) is 66.7 Å². The average molecular weight is 433 g/mol. The number of thioether (sulfide) groups is 1. The van der Waals surface area contributed by atoms with Crippen LogP contribution in [0.25, 0.3) is 0 Å². The molecule has 1 unspecified atom stereocenters. The Hall–Kier alpha value is -3.25. The highest BCUT2D eigenvalue weighted by molar-refractivity contribution is 8.00. The lowest BCUT2D eigenvalue weighted by Crippen LogP contribution is -2.28. The minimum Gasteiger partial charge on any atom is -0.497 e. The number of nitrogens with one attached hydrogen (secondary N) is 1. The molecule has 1 atom stereocenters. The Morgan fingerprint density at radius 3 is 2.42 bits per heavy atom. The molecule has 2 amide bonds. The molecule has 1 N–H and O–H groups in total. The number of ether oxygens (including phenoxy) is 1. The fourth-order valence-corrected chi connectivity index (χ4v) is 4.77. The van der Waals surface area contributed by atoms with Gasteiger partial charge in [0.1, 0.15) is 11.1 Å². The summed E-state index contributed by atoms with van der Waals surface area (Å²) in [6, 6.07) is 20.7. The maximum atomic E-state index is 12.7. The summed E-state index contributed by atoms with van der Waals surface area (Å²) in [4.78, 5) is 27.1. The number of hydrogen-bond acceptors (Lipinski definition) is 4. The van der Waals surface area contributed by atoms with E-state index in [1.807, 2.05) is 41.3 Å². The lowest BCUT2D eigenvalue weighted by atomic mass is 10.1. The van der Waals surface area contributed by atoms with Crippen molar-refractivity contribution >= 4 is 35.0 Å². The fourth-order valence-electron chi connectivity index (χ4n) is 3.60. The molecular formula is C25H24N2O3S. The first kappa shape index (κ1) is 21.0. The van der Waals surface area contributed by atoms with Gasteiger partial charge in [0.15, 0.2) is 0 Å². The summed E-state index contributed by atoms with van der Waals surface area (Å²) in [6.45, 7) is 4.11. The Balaban J connectivity index is 1.52. The number of carbonyl (C=O) groups is 2. The molecule has 0 bridgehead atoms. The lowest BCUT2D eigenvalue weighted by molar-refractivity contribution is -0.115. The number of methoxy groups -OCH3 is 1. The van der Waals surface area contributed by atoms with Gasteiger partial charge in [-0.15, -0.1) is 11.8 Å². The molecule has 1 aliphatic rings. The number of carbonyl (C=O) groups excluding carboxylic acids is 2. The minimum atomic E-state index is -0.183. The van der Waals surface area contributed by atoms with Crippen LogP contribution >= 0.6 is 11.8 Å². The lowest BCUT2D eigenvalue weighted by Gasteiger charge is -2.26. The molecule has 0 spiro atoms. The number of anilines is 2. The minimum absolute atomic E-state index is 0.0839. The number of aryl methyl sites for hydroxylation is 1. The Morgan fingerprint density at radius 2 is 1.74 bits per heavy atom. The van der Waals surface area contributed by atoms with Crippen molar-refractivity contribution in [2.75, 3.05) is 23.1 Å². The van der Waals surface area contributed by atoms with Crippen LogP contribution in [0.1, 0.15) is 32.4 Å². The summed E-state index contributed by atoms with van der Waals surface area (Å²) in [5.41, 5.74) is 5.53. The molecule has 0 aliphatic carbocycles. The van der Waals surface area contributed by atoms with Crippen LogP contribution < -0.4 is 15.0 Å². The number of hydrogen-bond donors (Lipinski definition) is 1. The predicted octanol–water partition coefficient (Wildman–Crippen LogP) is 5.34. The first-order chi connectivity index (χ1) is 15.0. The van der Waals surface area contributed by atoms with Crippen LogP contribution in [-0.2, 0) is 4.79 Å². The van der Waals surface area contributed by atoms with E-state index < -0.39 is 0 Å². The van der Waals surface area contributed by atoms with Crippen LogP contribution in [-0.4, -0.2) is 24.7 Å². The molecule has 5 nitrogen and oxygen atoms in total. The number of rotatable bonds is 5. The number of amides is 2. The monoisotopic (exact) mass is 432 g/mol. The second-order valence-corrected chi connectivity index (χ2v) is 8.52. The summed E-state index contributed by atoms with van der Waals surface area (Å²) in [5, 5.41) is 2.83. The van der Waals surface area contributed by atoms with E-state index in [9.17, 15) is 9.59 Å². The molecule has 1 heterocycles. The second kappa shape index (κ2) is 8.86. The zero-order valence-electron chi connectivity index (χ0n) is 17.7. The summed E-state index contributed by atoms with van der Waals surface area (Å²) < 4.78 is 5.13. The topological polar surface area (TPSA) is 58.6 Å². The summed E-state index contributed by atoms with van der Waals surface area (Å²) in [7, 11) is 1.59. The van der Waals surface area contributed by atoms with Gasteiger partial charge in [0.25, 0.3) is 5.91 Å². The van der Waals surface area contributed by atoms with Crippen LogP contribution in [0.5, 0.6) is 5.75 Å². The van der Waals surface area contributed by atoms with Crippen molar-refractivity contribution in [2.24, 2.45) is 0 Å². The third-order valence-electron chi connectivity index (χ3n) is 5.51. The van der Waals surface area contributed by atoms with Crippen molar-refractivity contribution in [3.63, 3.8) is 0 Å². The van der Waals surface area contributed by atoms with Crippen LogP contribution in [0, 0.1) is 13.8 Å². The largest absolute Gasteiger partial charge is 0.497 e. The quantitative estimate of drug-likeness (QED) is 0.591. The normalized spacial score (nSPS) is 15.8. The molecule has 4 rings (SSSR count). The van der Waals surface area contributed by atoms with Crippen molar-refractivity contribution < 1.29 is 14.3 Å². The zero-order chi connectivity index (χ0) is 22.0. The summed E-state index contributed by atoms with van der Waals surface area (Å²) in [6.07, 6.45) is 0. The first-order valence-electron chi connectivity index (χ1n) is 10.0. The molecule has 1 fully saturated rings. The van der Waals surface area contributed by atoms with Crippen LogP contribution in [0.2, 0.25) is 0 Å². The molecule has 3 aromatic carbocycles. The van der Waals surface area contributed by atoms with Crippen molar-refractivity contribution in [1.29, 1.82) is 0 Å². The summed E-state index contributed by atoms with van der Waals surface area (Å²) in [5.74, 6) is 1.09. The fraction of sp³-hybridized carbons (Fsp3) is 0.200. The Morgan fingerprint density at radius 1 is 1.03 bits per heavy atom. The molecule has 31 heavy (non-hydrogen) atoms. The molecule has 3 aromatic rings. The van der Waals surface area contributed by atoms with E-state index in [2.05, 4.69) is 25.2 Å². The van der Waals surface area contributed by atoms with Crippen LogP contribution in [0.3, 0.4) is 0 Å². The van der Waals surface area contributed by atoms with Gasteiger partial charge >= 0.3 is 0 Å². The zero-order valence-corrected chi connectivity index (χ0v) is 18.5. The van der Waals surface area contributed by atoms with Crippen molar-refractivity contribution in [2.45, 2.75) is 19.2 Å². The van der Waals surface area contributed by atoms with Crippen molar-refractivity contribution in [1.82, 2.24) is 0 Å². The van der Waals surface area contributed by atoms with Gasteiger partial charge in [-0.1, -0.05) is 24.3 Å². The maximum absolute atomic E-state index is 12.7. The van der Waals surface area contributed by atoms with E-state index in [0.29, 0.717) is 22.8 Å². The number of nitrogens with zero attached hydrogens (tertiary/aromatic N) is 1.